The predicted octanol–water partition coefficient (Wildman–Crippen LogP) is 6.67. The maximum absolute atomic E-state index is 12.4. The molecule has 1 aliphatic heterocycles. The van der Waals surface area contributed by atoms with Gasteiger partial charge in [0.1, 0.15) is 5.15 Å². The van der Waals surface area contributed by atoms with Gasteiger partial charge >= 0.3 is 0 Å². The summed E-state index contributed by atoms with van der Waals surface area (Å²) in [6.07, 6.45) is 3.62. The molecule has 0 aliphatic carbocycles. The second kappa shape index (κ2) is 16.9. The molecule has 10 nitrogen and oxygen atoms in total. The average Bonchev–Trinajstić information content (AvgIpc) is 3.42. The van der Waals surface area contributed by atoms with Crippen molar-refractivity contribution in [2.24, 2.45) is 0 Å². The molecule has 2 heterocycles. The summed E-state index contributed by atoms with van der Waals surface area (Å²) in [5.41, 5.74) is 7.21. The number of hydrogen-bond donors (Lipinski definition) is 4. The van der Waals surface area contributed by atoms with Gasteiger partial charge in [-0.2, -0.15) is 0 Å². The van der Waals surface area contributed by atoms with Gasteiger partial charge in [-0.1, -0.05) is 90.3 Å². The quantitative estimate of drug-likeness (QED) is 0.0664. The van der Waals surface area contributed by atoms with Crippen molar-refractivity contribution in [2.45, 2.75) is 76.7 Å². The van der Waals surface area contributed by atoms with Crippen LogP contribution in [0.25, 0.3) is 11.1 Å². The van der Waals surface area contributed by atoms with Crippen molar-refractivity contribution in [3.8, 4) is 11.1 Å². The van der Waals surface area contributed by atoms with Crippen LogP contribution in [0.4, 0.5) is 0 Å². The van der Waals surface area contributed by atoms with E-state index in [0.29, 0.717) is 43.9 Å². The number of amides is 2. The predicted molar refractivity (Wildman–Crippen MR) is 177 cm³/mol. The standard InChI is InChI=1S/C35H38Cl2N4O6/c36-33-34(37)41(22-39-33)20-29-18-30(25-14-12-23(21-42)13-15-25)47-35(46-29)28-9-5-8-27(17-28)26-7-4-6-24(16-26)19-38-31(43)10-2-1-3-11-32(44)40-45/h4-9,12-17,22,29-30,35,42,45H,1-3,10-11,18-21H2,(H,38,43)(H,40,44). The van der Waals surface area contributed by atoms with Gasteiger partial charge in [-0.25, -0.2) is 10.5 Å². The number of benzene rings is 3. The molecule has 3 aromatic carbocycles. The first kappa shape index (κ1) is 34.6. The topological polar surface area (TPSA) is 135 Å². The Kier molecular flexibility index (Phi) is 12.4. The zero-order chi connectivity index (χ0) is 33.2. The third kappa shape index (κ3) is 9.63. The maximum atomic E-state index is 12.4. The number of rotatable bonds is 14. The summed E-state index contributed by atoms with van der Waals surface area (Å²) < 4.78 is 14.8. The largest absolute Gasteiger partial charge is 0.392 e. The molecule has 1 aromatic heterocycles. The molecule has 4 N–H and O–H groups in total. The lowest BCUT2D eigenvalue weighted by Gasteiger charge is -2.36. The Hall–Kier alpha value is -3.77. The molecule has 0 bridgehead atoms. The van der Waals surface area contributed by atoms with Crippen LogP contribution in [0.3, 0.4) is 0 Å². The monoisotopic (exact) mass is 680 g/mol. The first-order chi connectivity index (χ1) is 22.8. The SMILES string of the molecule is O=C(CCCCCC(=O)NCc1cccc(-c2cccc(C3OC(Cn4cnc(Cl)c4Cl)CC(c4ccc(CO)cc4)O3)c2)c1)NO. The number of hydroxylamine groups is 1. The van der Waals surface area contributed by atoms with E-state index < -0.39 is 12.2 Å². The first-order valence-corrected chi connectivity index (χ1v) is 16.3. The van der Waals surface area contributed by atoms with Crippen molar-refractivity contribution < 1.29 is 29.4 Å². The molecule has 47 heavy (non-hydrogen) atoms. The number of unbranched alkanes of at least 4 members (excludes halogenated alkanes) is 2. The molecule has 4 aromatic rings. The van der Waals surface area contributed by atoms with Gasteiger partial charge in [0.15, 0.2) is 11.4 Å². The number of aliphatic hydroxyl groups excluding tert-OH is 1. The van der Waals surface area contributed by atoms with Crippen molar-refractivity contribution in [2.75, 3.05) is 0 Å². The van der Waals surface area contributed by atoms with E-state index in [1.807, 2.05) is 60.7 Å². The van der Waals surface area contributed by atoms with Crippen molar-refractivity contribution >= 4 is 35.0 Å². The van der Waals surface area contributed by atoms with Crippen LogP contribution < -0.4 is 10.8 Å². The number of imidazole rings is 1. The van der Waals surface area contributed by atoms with Crippen molar-refractivity contribution in [1.29, 1.82) is 0 Å². The van der Waals surface area contributed by atoms with Crippen molar-refractivity contribution in [3.63, 3.8) is 0 Å². The smallest absolute Gasteiger partial charge is 0.243 e. The van der Waals surface area contributed by atoms with Gasteiger partial charge in [0.25, 0.3) is 0 Å². The van der Waals surface area contributed by atoms with Crippen LogP contribution in [0.1, 0.15) is 73.2 Å². The fraction of sp³-hybridized carbons (Fsp3) is 0.343. The van der Waals surface area contributed by atoms with E-state index in [0.717, 1.165) is 39.8 Å². The number of nitrogens with one attached hydrogen (secondary N) is 2. The number of hydrogen-bond acceptors (Lipinski definition) is 7. The van der Waals surface area contributed by atoms with Gasteiger partial charge in [-0.05, 0) is 52.8 Å². The molecule has 1 fully saturated rings. The molecule has 0 radical (unpaired) electrons. The molecule has 0 spiro atoms. The molecule has 2 amide bonds. The molecule has 1 aliphatic rings. The number of nitrogens with zero attached hydrogens (tertiary/aromatic N) is 2. The summed E-state index contributed by atoms with van der Waals surface area (Å²) in [5, 5.41) is 21.6. The molecule has 3 atom stereocenters. The average molecular weight is 682 g/mol. The minimum absolute atomic E-state index is 0.0323. The summed E-state index contributed by atoms with van der Waals surface area (Å²) >= 11 is 12.5. The summed E-state index contributed by atoms with van der Waals surface area (Å²) in [4.78, 5) is 27.6. The molecule has 248 valence electrons. The summed E-state index contributed by atoms with van der Waals surface area (Å²) in [5.74, 6) is -0.469. The zero-order valence-electron chi connectivity index (χ0n) is 25.8. The minimum atomic E-state index is -0.658. The lowest BCUT2D eigenvalue weighted by Crippen LogP contribution is -2.32. The molecule has 5 rings (SSSR count). The number of halogens is 2. The Bertz CT molecular complexity index is 1650. The van der Waals surface area contributed by atoms with E-state index in [1.165, 1.54) is 0 Å². The van der Waals surface area contributed by atoms with E-state index in [2.05, 4.69) is 22.4 Å². The molecule has 1 saturated heterocycles. The van der Waals surface area contributed by atoms with Gasteiger partial charge in [-0.15, -0.1) is 0 Å². The molecular formula is C35H38Cl2N4O6. The van der Waals surface area contributed by atoms with Gasteiger partial charge in [0.2, 0.25) is 11.8 Å². The number of carbonyl (C=O) groups excluding carboxylic acids is 2. The Morgan fingerprint density at radius 2 is 1.60 bits per heavy atom. The number of aromatic nitrogens is 2. The number of carbonyl (C=O) groups is 2. The Morgan fingerprint density at radius 1 is 0.872 bits per heavy atom. The van der Waals surface area contributed by atoms with E-state index >= 15 is 0 Å². The van der Waals surface area contributed by atoms with Crippen LogP contribution in [-0.2, 0) is 38.8 Å². The fourth-order valence-electron chi connectivity index (χ4n) is 5.54. The lowest BCUT2D eigenvalue weighted by atomic mass is 9.98. The second-order valence-electron chi connectivity index (χ2n) is 11.5. The molecule has 12 heteroatoms. The Labute approximate surface area is 283 Å². The van der Waals surface area contributed by atoms with Gasteiger partial charge in [0.05, 0.1) is 31.7 Å². The highest BCUT2D eigenvalue weighted by atomic mass is 35.5. The van der Waals surface area contributed by atoms with Gasteiger partial charge in [-0.3, -0.25) is 14.8 Å². The van der Waals surface area contributed by atoms with Gasteiger partial charge in [0, 0.05) is 31.4 Å². The van der Waals surface area contributed by atoms with Crippen molar-refractivity contribution in [3.05, 3.63) is 112 Å². The van der Waals surface area contributed by atoms with E-state index in [1.54, 1.807) is 16.4 Å². The summed E-state index contributed by atoms with van der Waals surface area (Å²) in [6.45, 7) is 0.806. The van der Waals surface area contributed by atoms with Crippen LogP contribution >= 0.6 is 23.2 Å². The van der Waals surface area contributed by atoms with E-state index in [4.69, 9.17) is 37.9 Å². The zero-order valence-corrected chi connectivity index (χ0v) is 27.3. The van der Waals surface area contributed by atoms with E-state index in [-0.39, 0.29) is 36.3 Å². The van der Waals surface area contributed by atoms with Crippen LogP contribution in [0.5, 0.6) is 0 Å². The number of aliphatic hydroxyl groups is 1. The van der Waals surface area contributed by atoms with Crippen LogP contribution in [0.15, 0.2) is 79.1 Å². The molecule has 3 unspecified atom stereocenters. The lowest BCUT2D eigenvalue weighted by molar-refractivity contribution is -0.252. The summed E-state index contributed by atoms with van der Waals surface area (Å²) in [7, 11) is 0. The molecular weight excluding hydrogens is 643 g/mol. The second-order valence-corrected chi connectivity index (χ2v) is 12.2. The maximum Gasteiger partial charge on any atom is 0.243 e. The van der Waals surface area contributed by atoms with Crippen molar-refractivity contribution in [1.82, 2.24) is 20.3 Å². The third-order valence-electron chi connectivity index (χ3n) is 8.09. The fourth-order valence-corrected chi connectivity index (χ4v) is 5.85. The third-order valence-corrected chi connectivity index (χ3v) is 8.86. The number of ether oxygens (including phenoxy) is 2. The Morgan fingerprint density at radius 3 is 2.30 bits per heavy atom. The highest BCUT2D eigenvalue weighted by Gasteiger charge is 2.33. The molecule has 0 saturated carbocycles. The Balaban J connectivity index is 1.26. The summed E-state index contributed by atoms with van der Waals surface area (Å²) in [6, 6.07) is 23.7. The van der Waals surface area contributed by atoms with Crippen LogP contribution in [0, 0.1) is 0 Å². The first-order valence-electron chi connectivity index (χ1n) is 15.6. The van der Waals surface area contributed by atoms with Crippen LogP contribution in [0.2, 0.25) is 10.3 Å². The normalized spacial score (nSPS) is 17.7. The van der Waals surface area contributed by atoms with Crippen LogP contribution in [-0.4, -0.2) is 37.8 Å². The highest BCUT2D eigenvalue weighted by Crippen LogP contribution is 2.39. The van der Waals surface area contributed by atoms with Gasteiger partial charge < -0.3 is 24.5 Å². The minimum Gasteiger partial charge on any atom is -0.392 e. The van der Waals surface area contributed by atoms with E-state index in [9.17, 15) is 14.7 Å². The highest BCUT2D eigenvalue weighted by molar-refractivity contribution is 6.40.